The molecule has 4 heteroatoms. The number of hydrogen-bond acceptors (Lipinski definition) is 2. The van der Waals surface area contributed by atoms with E-state index in [-0.39, 0.29) is 11.3 Å². The molecular weight excluding hydrogens is 176 g/mol. The molecule has 1 N–H and O–H groups in total. The Morgan fingerprint density at radius 1 is 1.46 bits per heavy atom. The zero-order valence-corrected chi connectivity index (χ0v) is 7.09. The molecule has 0 aliphatic rings. The highest BCUT2D eigenvalue weighted by atomic mass is 19.2. The van der Waals surface area contributed by atoms with Crippen LogP contribution < -0.4 is 0 Å². The summed E-state index contributed by atoms with van der Waals surface area (Å²) in [6, 6.07) is 3.84. The van der Waals surface area contributed by atoms with Gasteiger partial charge in [-0.2, -0.15) is 0 Å². The van der Waals surface area contributed by atoms with Gasteiger partial charge in [-0.1, -0.05) is 12.1 Å². The summed E-state index contributed by atoms with van der Waals surface area (Å²) in [4.78, 5) is 3.56. The van der Waals surface area contributed by atoms with E-state index in [9.17, 15) is 8.78 Å². The molecule has 0 aliphatic heterocycles. The van der Waals surface area contributed by atoms with Crippen molar-refractivity contribution in [2.24, 2.45) is 4.99 Å². The smallest absolute Gasteiger partial charge is 0.167 e. The number of benzene rings is 1. The summed E-state index contributed by atoms with van der Waals surface area (Å²) in [5.41, 5.74) is 0.355. The van der Waals surface area contributed by atoms with Crippen molar-refractivity contribution in [3.8, 4) is 0 Å². The van der Waals surface area contributed by atoms with Crippen LogP contribution in [0.25, 0.3) is 0 Å². The van der Waals surface area contributed by atoms with Gasteiger partial charge in [0.2, 0.25) is 0 Å². The van der Waals surface area contributed by atoms with Gasteiger partial charge in [-0.15, -0.1) is 0 Å². The zero-order chi connectivity index (χ0) is 9.84. The van der Waals surface area contributed by atoms with Gasteiger partial charge in [0, 0.05) is 11.3 Å². The Balaban J connectivity index is 3.15. The third kappa shape index (κ3) is 2.09. The van der Waals surface area contributed by atoms with Crippen molar-refractivity contribution in [1.29, 1.82) is 0 Å². The molecule has 2 nitrogen and oxygen atoms in total. The van der Waals surface area contributed by atoms with Gasteiger partial charge in [-0.25, -0.2) is 8.78 Å². The van der Waals surface area contributed by atoms with Crippen molar-refractivity contribution in [1.82, 2.24) is 0 Å². The van der Waals surface area contributed by atoms with E-state index in [2.05, 4.69) is 4.99 Å². The fraction of sp³-hybridized carbons (Fsp3) is 0.222. The number of aliphatic imine (C=N–C) groups is 1. The summed E-state index contributed by atoms with van der Waals surface area (Å²) in [6.45, 7) is 1.08. The number of halogens is 2. The van der Waals surface area contributed by atoms with Crippen LogP contribution in [0.5, 0.6) is 0 Å². The molecule has 0 heterocycles. The third-order valence-electron chi connectivity index (χ3n) is 1.65. The van der Waals surface area contributed by atoms with Gasteiger partial charge < -0.3 is 5.11 Å². The van der Waals surface area contributed by atoms with Crippen molar-refractivity contribution in [3.63, 3.8) is 0 Å². The number of rotatable bonds is 2. The lowest BCUT2D eigenvalue weighted by Gasteiger charge is -2.02. The molecule has 1 rings (SSSR count). The third-order valence-corrected chi connectivity index (χ3v) is 1.65. The van der Waals surface area contributed by atoms with Crippen LogP contribution in [0.4, 0.5) is 8.78 Å². The van der Waals surface area contributed by atoms with Gasteiger partial charge >= 0.3 is 0 Å². The highest BCUT2D eigenvalue weighted by molar-refractivity contribution is 5.98. The van der Waals surface area contributed by atoms with Crippen LogP contribution in [0, 0.1) is 11.6 Å². The van der Waals surface area contributed by atoms with E-state index in [1.54, 1.807) is 0 Å². The first kappa shape index (κ1) is 9.80. The fourth-order valence-corrected chi connectivity index (χ4v) is 0.974. The minimum atomic E-state index is -0.933. The normalized spacial score (nSPS) is 11.8. The van der Waals surface area contributed by atoms with Gasteiger partial charge in [0.05, 0.1) is 0 Å². The monoisotopic (exact) mass is 185 g/mol. The summed E-state index contributed by atoms with van der Waals surface area (Å²) in [7, 11) is 0. The van der Waals surface area contributed by atoms with Crippen LogP contribution in [0.2, 0.25) is 0 Å². The highest BCUT2D eigenvalue weighted by Gasteiger charge is 2.08. The lowest BCUT2D eigenvalue weighted by atomic mass is 10.1. The van der Waals surface area contributed by atoms with Crippen LogP contribution in [-0.4, -0.2) is 17.5 Å². The Kier molecular flexibility index (Phi) is 3.08. The molecule has 0 amide bonds. The van der Waals surface area contributed by atoms with E-state index in [0.717, 1.165) is 6.07 Å². The average Bonchev–Trinajstić information content (AvgIpc) is 2.10. The highest BCUT2D eigenvalue weighted by Crippen LogP contribution is 2.12. The summed E-state index contributed by atoms with van der Waals surface area (Å²) >= 11 is 0. The van der Waals surface area contributed by atoms with E-state index >= 15 is 0 Å². The summed E-state index contributed by atoms with van der Waals surface area (Å²) in [6.07, 6.45) is 0. The molecule has 70 valence electrons. The van der Waals surface area contributed by atoms with Gasteiger partial charge in [0.1, 0.15) is 6.73 Å². The number of aliphatic hydroxyl groups excluding tert-OH is 1. The Labute approximate surface area is 74.5 Å². The van der Waals surface area contributed by atoms with Crippen LogP contribution in [0.15, 0.2) is 23.2 Å². The minimum absolute atomic E-state index is 0.0778. The topological polar surface area (TPSA) is 32.6 Å². The van der Waals surface area contributed by atoms with Crippen molar-refractivity contribution < 1.29 is 13.9 Å². The second-order valence-corrected chi connectivity index (χ2v) is 2.49. The first-order chi connectivity index (χ1) is 6.16. The van der Waals surface area contributed by atoms with Crippen LogP contribution >= 0.6 is 0 Å². The molecule has 0 saturated carbocycles. The molecule has 0 fully saturated rings. The quantitative estimate of drug-likeness (QED) is 0.699. The van der Waals surface area contributed by atoms with Crippen LogP contribution in [-0.2, 0) is 0 Å². The van der Waals surface area contributed by atoms with Crippen molar-refractivity contribution in [2.45, 2.75) is 6.92 Å². The minimum Gasteiger partial charge on any atom is -0.375 e. The molecule has 0 spiro atoms. The van der Waals surface area contributed by atoms with E-state index < -0.39 is 18.4 Å². The van der Waals surface area contributed by atoms with Gasteiger partial charge in [0.15, 0.2) is 11.6 Å². The Hall–Kier alpha value is -1.29. The maximum absolute atomic E-state index is 13.0. The van der Waals surface area contributed by atoms with Gasteiger partial charge in [-0.05, 0) is 13.0 Å². The van der Waals surface area contributed by atoms with E-state index in [1.165, 1.54) is 19.1 Å². The first-order valence-electron chi connectivity index (χ1n) is 3.73. The van der Waals surface area contributed by atoms with Crippen molar-refractivity contribution in [2.75, 3.05) is 6.73 Å². The number of hydrogen-bond donors (Lipinski definition) is 1. The molecular formula is C9H9F2NO. The average molecular weight is 185 g/mol. The van der Waals surface area contributed by atoms with Crippen LogP contribution in [0.3, 0.4) is 0 Å². The molecule has 0 aliphatic carbocycles. The summed E-state index contributed by atoms with van der Waals surface area (Å²) in [5.74, 6) is -1.85. The Morgan fingerprint density at radius 2 is 2.15 bits per heavy atom. The molecule has 0 radical (unpaired) electrons. The lowest BCUT2D eigenvalue weighted by Crippen LogP contribution is -2.01. The fourth-order valence-electron chi connectivity index (χ4n) is 0.974. The van der Waals surface area contributed by atoms with Gasteiger partial charge in [0.25, 0.3) is 0 Å². The van der Waals surface area contributed by atoms with Crippen molar-refractivity contribution in [3.05, 3.63) is 35.4 Å². The summed E-state index contributed by atoms with van der Waals surface area (Å²) < 4.78 is 25.7. The predicted molar refractivity (Wildman–Crippen MR) is 45.7 cm³/mol. The standard InChI is InChI=1S/C9H9F2NO/c1-6(12-5-13)7-3-2-4-8(10)9(7)11/h2-4,13H,5H2,1H3/b12-6+. The summed E-state index contributed by atoms with van der Waals surface area (Å²) in [5, 5.41) is 8.45. The predicted octanol–water partition coefficient (Wildman–Crippen LogP) is 1.72. The lowest BCUT2D eigenvalue weighted by molar-refractivity contribution is 0.309. The maximum atomic E-state index is 13.0. The SMILES string of the molecule is C/C(=N\CO)c1cccc(F)c1F. The second-order valence-electron chi connectivity index (χ2n) is 2.49. The molecule has 13 heavy (non-hydrogen) atoms. The maximum Gasteiger partial charge on any atom is 0.167 e. The number of nitrogens with zero attached hydrogens (tertiary/aromatic N) is 1. The molecule has 1 aromatic carbocycles. The molecule has 0 unspecified atom stereocenters. The van der Waals surface area contributed by atoms with Crippen molar-refractivity contribution >= 4 is 5.71 Å². The van der Waals surface area contributed by atoms with E-state index in [4.69, 9.17) is 5.11 Å². The Bertz CT molecular complexity index is 336. The molecule has 0 bridgehead atoms. The molecule has 0 aromatic heterocycles. The molecule has 0 atom stereocenters. The van der Waals surface area contributed by atoms with Crippen LogP contribution in [0.1, 0.15) is 12.5 Å². The van der Waals surface area contributed by atoms with E-state index in [1.807, 2.05) is 0 Å². The Morgan fingerprint density at radius 3 is 2.77 bits per heavy atom. The number of aliphatic hydroxyl groups is 1. The first-order valence-corrected chi connectivity index (χ1v) is 3.73. The zero-order valence-electron chi connectivity index (χ0n) is 7.09. The second kappa shape index (κ2) is 4.09. The molecule has 1 aromatic rings. The largest absolute Gasteiger partial charge is 0.375 e. The van der Waals surface area contributed by atoms with E-state index in [0.29, 0.717) is 0 Å². The van der Waals surface area contributed by atoms with Gasteiger partial charge in [-0.3, -0.25) is 4.99 Å². The molecule has 0 saturated heterocycles.